The Morgan fingerprint density at radius 1 is 0.837 bits per heavy atom. The van der Waals surface area contributed by atoms with E-state index in [1.54, 1.807) is 6.07 Å². The summed E-state index contributed by atoms with van der Waals surface area (Å²) in [6.07, 6.45) is -4.86. The molecule has 16 heteroatoms. The van der Waals surface area contributed by atoms with E-state index in [2.05, 4.69) is 30.3 Å². The highest BCUT2D eigenvalue weighted by Gasteiger charge is 2.82. The minimum Gasteiger partial charge on any atom is -0.386 e. The predicted octanol–water partition coefficient (Wildman–Crippen LogP) is 5.30. The van der Waals surface area contributed by atoms with Crippen molar-refractivity contribution in [1.82, 2.24) is 25.2 Å². The van der Waals surface area contributed by atoms with E-state index < -0.39 is 64.8 Å². The molecule has 0 radical (unpaired) electrons. The molecule has 1 aliphatic heterocycles. The van der Waals surface area contributed by atoms with Gasteiger partial charge in [-0.3, -0.25) is 4.98 Å². The van der Waals surface area contributed by atoms with Crippen LogP contribution in [0.25, 0.3) is 0 Å². The molecule has 4 fully saturated rings. The minimum absolute atomic E-state index is 0.0417. The van der Waals surface area contributed by atoms with Gasteiger partial charge < -0.3 is 20.0 Å². The van der Waals surface area contributed by atoms with Crippen LogP contribution in [0, 0.1) is 17.0 Å². The van der Waals surface area contributed by atoms with Gasteiger partial charge >= 0.3 is 6.18 Å². The number of piperazine rings is 1. The highest BCUT2D eigenvalue weighted by molar-refractivity contribution is 5.54. The molecule has 2 atom stereocenters. The number of benzene rings is 2. The van der Waals surface area contributed by atoms with Gasteiger partial charge in [-0.25, -0.2) is 22.2 Å². The molecule has 3 aliphatic carbocycles. The van der Waals surface area contributed by atoms with Gasteiger partial charge in [0.15, 0.2) is 5.60 Å². The summed E-state index contributed by atoms with van der Waals surface area (Å²) in [6.45, 7) is 1.71. The van der Waals surface area contributed by atoms with Crippen LogP contribution in [0.15, 0.2) is 67.1 Å². The van der Waals surface area contributed by atoms with Crippen LogP contribution in [0.3, 0.4) is 0 Å². The highest BCUT2D eigenvalue weighted by Crippen LogP contribution is 2.80. The van der Waals surface area contributed by atoms with E-state index in [1.165, 1.54) is 12.3 Å². The third-order valence-corrected chi connectivity index (χ3v) is 10.4. The SMILES string of the molecule is O[C@H](CC(F)(F)F)c1ccc(N2CCN(c3ccc(C45CC(C(F)(F)[C@@](O)(Cn6cnnn6)c6ccc(F)cc6F)(C4)C5)cc3)CC2)cn1. The Kier molecular flexibility index (Phi) is 7.89. The van der Waals surface area contributed by atoms with Crippen LogP contribution in [0.2, 0.25) is 0 Å². The molecule has 0 spiro atoms. The lowest BCUT2D eigenvalue weighted by Crippen LogP contribution is -2.76. The Bertz CT molecular complexity index is 1780. The summed E-state index contributed by atoms with van der Waals surface area (Å²) in [5.74, 6) is -6.06. The molecule has 8 rings (SSSR count). The van der Waals surface area contributed by atoms with Crippen molar-refractivity contribution < 1.29 is 40.9 Å². The molecule has 2 bridgehead atoms. The molecule has 260 valence electrons. The van der Waals surface area contributed by atoms with Crippen LogP contribution in [0.1, 0.15) is 48.6 Å². The number of rotatable bonds is 10. The van der Waals surface area contributed by atoms with Crippen LogP contribution in [-0.2, 0) is 17.6 Å². The maximum Gasteiger partial charge on any atom is 0.391 e. The second-order valence-electron chi connectivity index (χ2n) is 13.5. The van der Waals surface area contributed by atoms with Crippen molar-refractivity contribution in [1.29, 1.82) is 0 Å². The summed E-state index contributed by atoms with van der Waals surface area (Å²) in [7, 11) is 0. The molecule has 2 aromatic carbocycles. The normalized spacial score (nSPS) is 24.2. The second kappa shape index (κ2) is 11.6. The van der Waals surface area contributed by atoms with Gasteiger partial charge in [0, 0.05) is 48.9 Å². The Morgan fingerprint density at radius 2 is 1.47 bits per heavy atom. The van der Waals surface area contributed by atoms with E-state index in [9.17, 15) is 32.2 Å². The molecule has 4 aromatic rings. The van der Waals surface area contributed by atoms with Crippen LogP contribution >= 0.6 is 0 Å². The number of hydrogen-bond acceptors (Lipinski definition) is 8. The summed E-state index contributed by atoms with van der Waals surface area (Å²) in [6, 6.07) is 12.9. The van der Waals surface area contributed by atoms with Gasteiger partial charge in [-0.05, 0) is 77.1 Å². The van der Waals surface area contributed by atoms with E-state index in [1.807, 2.05) is 24.3 Å². The van der Waals surface area contributed by atoms with Crippen molar-refractivity contribution in [3.8, 4) is 0 Å². The van der Waals surface area contributed by atoms with Crippen molar-refractivity contribution in [2.24, 2.45) is 5.41 Å². The number of tetrazole rings is 1. The number of aliphatic hydroxyl groups excluding tert-OH is 1. The van der Waals surface area contributed by atoms with Crippen molar-refractivity contribution in [2.45, 2.75) is 61.4 Å². The quantitative estimate of drug-likeness (QED) is 0.216. The summed E-state index contributed by atoms with van der Waals surface area (Å²) in [5, 5.41) is 31.9. The number of alkyl halides is 5. The first kappa shape index (κ1) is 33.2. The fourth-order valence-corrected chi connectivity index (χ4v) is 7.89. The zero-order valence-electron chi connectivity index (χ0n) is 26.0. The second-order valence-corrected chi connectivity index (χ2v) is 13.5. The van der Waals surface area contributed by atoms with Gasteiger partial charge in [-0.15, -0.1) is 5.10 Å². The fourth-order valence-electron chi connectivity index (χ4n) is 7.89. The first-order valence-electron chi connectivity index (χ1n) is 15.7. The number of halogens is 7. The molecular weight excluding hydrogens is 659 g/mol. The molecule has 9 nitrogen and oxygen atoms in total. The first-order chi connectivity index (χ1) is 23.1. The summed E-state index contributed by atoms with van der Waals surface area (Å²) in [5.41, 5.74) is -3.36. The zero-order chi connectivity index (χ0) is 34.8. The summed E-state index contributed by atoms with van der Waals surface area (Å²) >= 11 is 0. The highest BCUT2D eigenvalue weighted by atomic mass is 19.4. The topological polar surface area (TPSA) is 103 Å². The molecular formula is C33H32F7N7O2. The molecule has 3 saturated carbocycles. The fraction of sp³-hybridized carbons (Fsp3) is 0.455. The molecule has 0 amide bonds. The molecule has 0 unspecified atom stereocenters. The van der Waals surface area contributed by atoms with Crippen LogP contribution in [0.5, 0.6) is 0 Å². The Morgan fingerprint density at radius 3 is 2.02 bits per heavy atom. The number of hydrogen-bond donors (Lipinski definition) is 2. The summed E-state index contributed by atoms with van der Waals surface area (Å²) in [4.78, 5) is 8.26. The van der Waals surface area contributed by atoms with Crippen molar-refractivity contribution >= 4 is 11.4 Å². The smallest absolute Gasteiger partial charge is 0.386 e. The molecule has 1 saturated heterocycles. The van der Waals surface area contributed by atoms with Gasteiger partial charge in [0.25, 0.3) is 5.92 Å². The lowest BCUT2D eigenvalue weighted by molar-refractivity contribution is -0.347. The predicted molar refractivity (Wildman–Crippen MR) is 162 cm³/mol. The first-order valence-corrected chi connectivity index (χ1v) is 15.7. The molecule has 2 N–H and O–H groups in total. The Hall–Kier alpha value is -4.31. The lowest BCUT2D eigenvalue weighted by Gasteiger charge is -2.74. The third kappa shape index (κ3) is 5.67. The largest absolute Gasteiger partial charge is 0.391 e. The van der Waals surface area contributed by atoms with E-state index >= 15 is 8.78 Å². The molecule has 2 aromatic heterocycles. The maximum absolute atomic E-state index is 16.5. The molecule has 3 heterocycles. The van der Waals surface area contributed by atoms with E-state index in [0.717, 1.165) is 40.1 Å². The number of pyridine rings is 1. The van der Waals surface area contributed by atoms with Crippen molar-refractivity contribution in [3.63, 3.8) is 0 Å². The third-order valence-electron chi connectivity index (χ3n) is 10.4. The van der Waals surface area contributed by atoms with Gasteiger partial charge in [0.05, 0.1) is 30.5 Å². The maximum atomic E-state index is 16.5. The standard InChI is InChI=1S/C33H32F7N7O2/c34-22-3-7-25(26(35)13-22)31(49,19-47-20-42-43-44-47)33(39,40)30-16-29(17-30,18-30)21-1-4-23(5-2-21)45-9-11-46(12-10-45)24-6-8-27(41-15-24)28(48)14-32(36,37)38/h1-8,13,15,20,28,48-49H,9-12,14,16-19H2/t28-,29?,30?,31-/m1/s1. The van der Waals surface area contributed by atoms with Gasteiger partial charge in [-0.1, -0.05) is 12.1 Å². The number of anilines is 2. The lowest BCUT2D eigenvalue weighted by atomic mass is 9.30. The Labute approximate surface area is 276 Å². The zero-order valence-corrected chi connectivity index (χ0v) is 26.0. The van der Waals surface area contributed by atoms with E-state index in [-0.39, 0.29) is 25.0 Å². The van der Waals surface area contributed by atoms with E-state index in [4.69, 9.17) is 0 Å². The van der Waals surface area contributed by atoms with Gasteiger partial charge in [-0.2, -0.15) is 13.2 Å². The van der Waals surface area contributed by atoms with Crippen LogP contribution in [-0.4, -0.2) is 73.7 Å². The average molecular weight is 692 g/mol. The number of nitrogens with zero attached hydrogens (tertiary/aromatic N) is 7. The average Bonchev–Trinajstić information content (AvgIpc) is 3.52. The molecule has 49 heavy (non-hydrogen) atoms. The Balaban J connectivity index is 0.994. The van der Waals surface area contributed by atoms with Gasteiger partial charge in [0.2, 0.25) is 0 Å². The van der Waals surface area contributed by atoms with E-state index in [0.29, 0.717) is 32.2 Å². The van der Waals surface area contributed by atoms with Crippen LogP contribution in [0.4, 0.5) is 42.1 Å². The monoisotopic (exact) mass is 691 g/mol. The van der Waals surface area contributed by atoms with Crippen LogP contribution < -0.4 is 9.80 Å². The minimum atomic E-state index is -4.50. The van der Waals surface area contributed by atoms with Crippen molar-refractivity contribution in [2.75, 3.05) is 36.0 Å². The van der Waals surface area contributed by atoms with Crippen molar-refractivity contribution in [3.05, 3.63) is 95.6 Å². The van der Waals surface area contributed by atoms with Gasteiger partial charge in [0.1, 0.15) is 24.1 Å². The summed E-state index contributed by atoms with van der Waals surface area (Å²) < 4.78 is 100. The molecule has 4 aliphatic rings. The number of aliphatic hydroxyl groups is 2. The number of aromatic nitrogens is 5.